The summed E-state index contributed by atoms with van der Waals surface area (Å²) in [7, 11) is 0. The minimum atomic E-state index is -0.359. The number of nitrogens with zero attached hydrogens (tertiary/aromatic N) is 2. The van der Waals surface area contributed by atoms with Crippen LogP contribution in [0, 0.1) is 5.92 Å². The third-order valence-electron chi connectivity index (χ3n) is 4.26. The van der Waals surface area contributed by atoms with Gasteiger partial charge >= 0.3 is 11.8 Å². The molecule has 0 spiro atoms. The first-order valence-corrected chi connectivity index (χ1v) is 8.34. The van der Waals surface area contributed by atoms with Gasteiger partial charge in [-0.2, -0.15) is 4.98 Å². The Hall–Kier alpha value is -2.90. The van der Waals surface area contributed by atoms with Gasteiger partial charge in [0.2, 0.25) is 11.7 Å². The van der Waals surface area contributed by atoms with Gasteiger partial charge in [-0.25, -0.2) is 0 Å². The van der Waals surface area contributed by atoms with E-state index in [2.05, 4.69) is 20.8 Å². The fourth-order valence-corrected chi connectivity index (χ4v) is 2.63. The largest absolute Gasteiger partial charge is 0.485 e. The molecule has 8 heteroatoms. The summed E-state index contributed by atoms with van der Waals surface area (Å²) in [5.74, 6) is 1.05. The molecule has 1 aromatic heterocycles. The van der Waals surface area contributed by atoms with Crippen molar-refractivity contribution in [2.45, 2.75) is 32.3 Å². The van der Waals surface area contributed by atoms with E-state index in [1.807, 2.05) is 12.1 Å². The summed E-state index contributed by atoms with van der Waals surface area (Å²) < 4.78 is 10.6. The van der Waals surface area contributed by atoms with Gasteiger partial charge in [0.05, 0.1) is 0 Å². The molecule has 0 atom stereocenters. The second-order valence-corrected chi connectivity index (χ2v) is 6.32. The van der Waals surface area contributed by atoms with Crippen molar-refractivity contribution < 1.29 is 18.8 Å². The summed E-state index contributed by atoms with van der Waals surface area (Å²) in [6.07, 6.45) is 3.54. The normalized spacial score (nSPS) is 16.1. The van der Waals surface area contributed by atoms with Crippen LogP contribution in [-0.4, -0.2) is 28.5 Å². The minimum absolute atomic E-state index is 0.00432. The lowest BCUT2D eigenvalue weighted by atomic mass is 10.0. The van der Waals surface area contributed by atoms with Crippen LogP contribution in [0.5, 0.6) is 5.75 Å². The Balaban J connectivity index is 1.34. The standard InChI is InChI=1S/C17H18N4O4/c22-15-6-4-11-3-5-12(7-13(11)19-15)24-9-14-20-17(25-21-14)16(23)18-8-10-1-2-10/h3,5,7,10H,1-2,4,6,8-9H2,(H,18,23)(H,19,22). The third-order valence-corrected chi connectivity index (χ3v) is 4.26. The lowest BCUT2D eigenvalue weighted by molar-refractivity contribution is -0.116. The number of aromatic nitrogens is 2. The minimum Gasteiger partial charge on any atom is -0.485 e. The van der Waals surface area contributed by atoms with Gasteiger partial charge in [0.15, 0.2) is 6.61 Å². The molecule has 2 amide bonds. The number of rotatable bonds is 6. The quantitative estimate of drug-likeness (QED) is 0.827. The van der Waals surface area contributed by atoms with Gasteiger partial charge in [-0.1, -0.05) is 11.2 Å². The number of benzene rings is 1. The Morgan fingerprint density at radius 3 is 3.08 bits per heavy atom. The Bertz CT molecular complexity index is 813. The number of hydrogen-bond donors (Lipinski definition) is 2. The number of hydrogen-bond acceptors (Lipinski definition) is 6. The van der Waals surface area contributed by atoms with E-state index in [1.165, 1.54) is 0 Å². The van der Waals surface area contributed by atoms with Crippen LogP contribution >= 0.6 is 0 Å². The summed E-state index contributed by atoms with van der Waals surface area (Å²) in [4.78, 5) is 27.4. The maximum atomic E-state index is 11.9. The van der Waals surface area contributed by atoms with Crippen molar-refractivity contribution >= 4 is 17.5 Å². The molecule has 1 saturated carbocycles. The van der Waals surface area contributed by atoms with Crippen molar-refractivity contribution in [1.82, 2.24) is 15.5 Å². The van der Waals surface area contributed by atoms with Crippen molar-refractivity contribution in [3.63, 3.8) is 0 Å². The molecule has 2 aliphatic rings. The molecular weight excluding hydrogens is 324 g/mol. The predicted octanol–water partition coefficient (Wildman–Crippen LogP) is 1.67. The highest BCUT2D eigenvalue weighted by Crippen LogP contribution is 2.28. The summed E-state index contributed by atoms with van der Waals surface area (Å²) in [5.41, 5.74) is 1.85. The molecule has 0 radical (unpaired) electrons. The predicted molar refractivity (Wildman–Crippen MR) is 87.1 cm³/mol. The first kappa shape index (κ1) is 15.6. The number of nitrogens with one attached hydrogen (secondary N) is 2. The molecule has 0 unspecified atom stereocenters. The average Bonchev–Trinajstić information content (AvgIpc) is 3.33. The van der Waals surface area contributed by atoms with Crippen LogP contribution in [0.1, 0.15) is 41.3 Å². The fourth-order valence-electron chi connectivity index (χ4n) is 2.63. The smallest absolute Gasteiger partial charge is 0.316 e. The van der Waals surface area contributed by atoms with Gasteiger partial charge in [0, 0.05) is 24.7 Å². The number of anilines is 1. The van der Waals surface area contributed by atoms with Crippen LogP contribution in [0.15, 0.2) is 22.7 Å². The molecule has 1 aliphatic carbocycles. The van der Waals surface area contributed by atoms with Crippen molar-refractivity contribution in [2.24, 2.45) is 5.92 Å². The van der Waals surface area contributed by atoms with Gasteiger partial charge in [0.1, 0.15) is 5.75 Å². The Morgan fingerprint density at radius 2 is 2.24 bits per heavy atom. The molecule has 1 aromatic carbocycles. The number of aryl methyl sites for hydroxylation is 1. The maximum Gasteiger partial charge on any atom is 0.316 e. The molecule has 25 heavy (non-hydrogen) atoms. The van der Waals surface area contributed by atoms with Crippen LogP contribution in [0.3, 0.4) is 0 Å². The zero-order valence-electron chi connectivity index (χ0n) is 13.6. The SMILES string of the molecule is O=C1CCc2ccc(OCc3noc(C(=O)NCC4CC4)n3)cc2N1. The van der Waals surface area contributed by atoms with Gasteiger partial charge in [-0.05, 0) is 36.8 Å². The second kappa shape index (κ2) is 6.54. The highest BCUT2D eigenvalue weighted by atomic mass is 16.5. The first-order valence-electron chi connectivity index (χ1n) is 8.34. The van der Waals surface area contributed by atoms with Crippen LogP contribution < -0.4 is 15.4 Å². The molecule has 2 aromatic rings. The van der Waals surface area contributed by atoms with E-state index < -0.39 is 0 Å². The zero-order chi connectivity index (χ0) is 17.2. The molecule has 130 valence electrons. The number of amides is 2. The van der Waals surface area contributed by atoms with Crippen molar-refractivity contribution in [3.8, 4) is 5.75 Å². The van der Waals surface area contributed by atoms with Crippen LogP contribution in [-0.2, 0) is 17.8 Å². The van der Waals surface area contributed by atoms with Gasteiger partial charge in [0.25, 0.3) is 0 Å². The molecule has 2 heterocycles. The topological polar surface area (TPSA) is 106 Å². The van der Waals surface area contributed by atoms with Crippen LogP contribution in [0.4, 0.5) is 5.69 Å². The number of carbonyl (C=O) groups excluding carboxylic acids is 2. The van der Waals surface area contributed by atoms with Gasteiger partial charge < -0.3 is 19.9 Å². The molecule has 4 rings (SSSR count). The number of fused-ring (bicyclic) bond motifs is 1. The van der Waals surface area contributed by atoms with Gasteiger partial charge in [-0.15, -0.1) is 0 Å². The Morgan fingerprint density at radius 1 is 1.36 bits per heavy atom. The summed E-state index contributed by atoms with van der Waals surface area (Å²) in [6.45, 7) is 0.722. The third kappa shape index (κ3) is 3.78. The van der Waals surface area contributed by atoms with E-state index in [9.17, 15) is 9.59 Å². The molecule has 1 fully saturated rings. The zero-order valence-corrected chi connectivity index (χ0v) is 13.6. The van der Waals surface area contributed by atoms with E-state index in [0.29, 0.717) is 30.5 Å². The number of ether oxygens (including phenoxy) is 1. The van der Waals surface area contributed by atoms with Crippen molar-refractivity contribution in [2.75, 3.05) is 11.9 Å². The Kier molecular flexibility index (Phi) is 4.09. The second-order valence-electron chi connectivity index (χ2n) is 6.32. The maximum absolute atomic E-state index is 11.9. The summed E-state index contributed by atoms with van der Waals surface area (Å²) in [6, 6.07) is 5.53. The lowest BCUT2D eigenvalue weighted by Gasteiger charge is -2.17. The summed E-state index contributed by atoms with van der Waals surface area (Å²) in [5, 5.41) is 9.35. The average molecular weight is 342 g/mol. The van der Waals surface area contributed by atoms with Gasteiger partial charge in [-0.3, -0.25) is 9.59 Å². The van der Waals surface area contributed by atoms with Crippen LogP contribution in [0.2, 0.25) is 0 Å². The van der Waals surface area contributed by atoms with Crippen molar-refractivity contribution in [3.05, 3.63) is 35.5 Å². The monoisotopic (exact) mass is 342 g/mol. The molecule has 2 N–H and O–H groups in total. The van der Waals surface area contributed by atoms with E-state index in [-0.39, 0.29) is 24.3 Å². The molecule has 0 bridgehead atoms. The summed E-state index contributed by atoms with van der Waals surface area (Å²) >= 11 is 0. The molecular formula is C17H18N4O4. The van der Waals surface area contributed by atoms with Crippen LogP contribution in [0.25, 0.3) is 0 Å². The molecule has 0 saturated heterocycles. The van der Waals surface area contributed by atoms with E-state index in [1.54, 1.807) is 6.07 Å². The van der Waals surface area contributed by atoms with Crippen molar-refractivity contribution in [1.29, 1.82) is 0 Å². The molecule has 8 nitrogen and oxygen atoms in total. The first-order chi connectivity index (χ1) is 12.2. The fraction of sp³-hybridized carbons (Fsp3) is 0.412. The van der Waals surface area contributed by atoms with E-state index >= 15 is 0 Å². The highest BCUT2D eigenvalue weighted by molar-refractivity contribution is 5.94. The molecule has 1 aliphatic heterocycles. The highest BCUT2D eigenvalue weighted by Gasteiger charge is 2.23. The number of carbonyl (C=O) groups is 2. The Labute approximate surface area is 143 Å². The van der Waals surface area contributed by atoms with E-state index in [0.717, 1.165) is 30.5 Å². The van der Waals surface area contributed by atoms with E-state index in [4.69, 9.17) is 9.26 Å². The lowest BCUT2D eigenvalue weighted by Crippen LogP contribution is -2.25.